The van der Waals surface area contributed by atoms with Crippen LogP contribution in [0.25, 0.3) is 0 Å². The van der Waals surface area contributed by atoms with Gasteiger partial charge < -0.3 is 10.4 Å². The number of aliphatic hydroxyl groups is 1. The molecule has 2 unspecified atom stereocenters. The van der Waals surface area contributed by atoms with E-state index in [1.165, 1.54) is 0 Å². The van der Waals surface area contributed by atoms with Gasteiger partial charge in [-0.05, 0) is 35.2 Å². The van der Waals surface area contributed by atoms with Gasteiger partial charge in [0.2, 0.25) is 0 Å². The summed E-state index contributed by atoms with van der Waals surface area (Å²) in [4.78, 5) is 0. The molecule has 0 fully saturated rings. The average Bonchev–Trinajstić information content (AvgIpc) is 2.66. The van der Waals surface area contributed by atoms with E-state index < -0.39 is 0 Å². The Balaban J connectivity index is 2.32. The summed E-state index contributed by atoms with van der Waals surface area (Å²) >= 11 is 1.62. The molecular formula is C11H19NOS. The third-order valence-corrected chi connectivity index (χ3v) is 3.26. The van der Waals surface area contributed by atoms with Crippen molar-refractivity contribution in [2.75, 3.05) is 6.54 Å². The van der Waals surface area contributed by atoms with Gasteiger partial charge in [0.05, 0.1) is 6.10 Å². The minimum Gasteiger partial charge on any atom is -0.387 e. The predicted octanol–water partition coefficient (Wildman–Crippen LogP) is 2.42. The lowest BCUT2D eigenvalue weighted by molar-refractivity contribution is 0.167. The van der Waals surface area contributed by atoms with E-state index in [9.17, 15) is 5.11 Å². The van der Waals surface area contributed by atoms with Crippen molar-refractivity contribution >= 4 is 11.3 Å². The molecule has 3 heteroatoms. The quantitative estimate of drug-likeness (QED) is 0.787. The Hall–Kier alpha value is -0.380. The Kier molecular flexibility index (Phi) is 4.58. The van der Waals surface area contributed by atoms with Crippen molar-refractivity contribution in [3.63, 3.8) is 0 Å². The molecule has 0 radical (unpaired) electrons. The first-order valence-corrected chi connectivity index (χ1v) is 5.99. The van der Waals surface area contributed by atoms with Crippen molar-refractivity contribution in [3.8, 4) is 0 Å². The van der Waals surface area contributed by atoms with Crippen LogP contribution in [0.1, 0.15) is 32.4 Å². The number of rotatable bonds is 5. The Morgan fingerprint density at radius 3 is 2.64 bits per heavy atom. The Morgan fingerprint density at radius 1 is 1.43 bits per heavy atom. The van der Waals surface area contributed by atoms with E-state index in [1.807, 2.05) is 16.8 Å². The van der Waals surface area contributed by atoms with E-state index in [4.69, 9.17) is 0 Å². The zero-order valence-electron chi connectivity index (χ0n) is 9.03. The molecule has 1 rings (SSSR count). The highest BCUT2D eigenvalue weighted by molar-refractivity contribution is 7.07. The molecule has 2 nitrogen and oxygen atoms in total. The molecule has 1 heterocycles. The largest absolute Gasteiger partial charge is 0.387 e. The molecule has 0 saturated heterocycles. The monoisotopic (exact) mass is 213 g/mol. The van der Waals surface area contributed by atoms with Gasteiger partial charge in [0.15, 0.2) is 0 Å². The second kappa shape index (κ2) is 5.49. The third-order valence-electron chi connectivity index (χ3n) is 2.56. The number of hydrogen-bond donors (Lipinski definition) is 2. The molecule has 2 atom stereocenters. The first kappa shape index (κ1) is 11.7. The maximum absolute atomic E-state index is 9.78. The highest BCUT2D eigenvalue weighted by Crippen LogP contribution is 2.15. The van der Waals surface area contributed by atoms with Crippen LogP contribution < -0.4 is 5.32 Å². The lowest BCUT2D eigenvalue weighted by Crippen LogP contribution is -2.34. The first-order valence-electron chi connectivity index (χ1n) is 5.04. The van der Waals surface area contributed by atoms with Crippen LogP contribution in [0.15, 0.2) is 16.8 Å². The zero-order valence-corrected chi connectivity index (χ0v) is 9.84. The molecular weight excluding hydrogens is 194 g/mol. The van der Waals surface area contributed by atoms with Crippen molar-refractivity contribution in [2.45, 2.75) is 32.9 Å². The smallest absolute Gasteiger partial charge is 0.0922 e. The van der Waals surface area contributed by atoms with Gasteiger partial charge in [-0.15, -0.1) is 0 Å². The molecule has 80 valence electrons. The fourth-order valence-corrected chi connectivity index (χ4v) is 1.82. The summed E-state index contributed by atoms with van der Waals surface area (Å²) in [6.07, 6.45) is -0.373. The number of nitrogens with one attached hydrogen (secondary N) is 1. The molecule has 0 amide bonds. The van der Waals surface area contributed by atoms with Crippen LogP contribution in [0.2, 0.25) is 0 Å². The summed E-state index contributed by atoms with van der Waals surface area (Å²) < 4.78 is 0. The van der Waals surface area contributed by atoms with Crippen LogP contribution in [-0.2, 0) is 0 Å². The van der Waals surface area contributed by atoms with Crippen LogP contribution >= 0.6 is 11.3 Å². The van der Waals surface area contributed by atoms with Crippen molar-refractivity contribution in [1.29, 1.82) is 0 Å². The molecule has 0 saturated carbocycles. The second-order valence-electron chi connectivity index (χ2n) is 4.01. The third kappa shape index (κ3) is 3.40. The highest BCUT2D eigenvalue weighted by Gasteiger charge is 2.11. The molecule has 0 aromatic carbocycles. The molecule has 1 aromatic rings. The molecule has 0 aliphatic heterocycles. The second-order valence-corrected chi connectivity index (χ2v) is 4.79. The van der Waals surface area contributed by atoms with Gasteiger partial charge in [-0.1, -0.05) is 13.8 Å². The van der Waals surface area contributed by atoms with Gasteiger partial charge in [-0.2, -0.15) is 11.3 Å². The normalized spacial score (nSPS) is 15.8. The molecule has 1 aromatic heterocycles. The molecule has 2 N–H and O–H groups in total. The number of aliphatic hydroxyl groups excluding tert-OH is 1. The average molecular weight is 213 g/mol. The fourth-order valence-electron chi connectivity index (χ4n) is 1.12. The zero-order chi connectivity index (χ0) is 10.6. The van der Waals surface area contributed by atoms with E-state index in [-0.39, 0.29) is 6.10 Å². The molecule has 0 aliphatic carbocycles. The van der Waals surface area contributed by atoms with Crippen molar-refractivity contribution in [3.05, 3.63) is 22.4 Å². The van der Waals surface area contributed by atoms with Crippen LogP contribution in [-0.4, -0.2) is 17.7 Å². The summed E-state index contributed by atoms with van der Waals surface area (Å²) in [6, 6.07) is 2.42. The number of thiophene rings is 1. The highest BCUT2D eigenvalue weighted by atomic mass is 32.1. The van der Waals surface area contributed by atoms with Crippen LogP contribution in [0.4, 0.5) is 0 Å². The standard InChI is InChI=1S/C11H19NOS/c1-8(2)9(3)12-6-11(13)10-4-5-14-7-10/h4-5,7-9,11-13H,6H2,1-3H3. The van der Waals surface area contributed by atoms with E-state index in [0.717, 1.165) is 5.56 Å². The summed E-state index contributed by atoms with van der Waals surface area (Å²) in [7, 11) is 0. The van der Waals surface area contributed by atoms with Gasteiger partial charge in [0.25, 0.3) is 0 Å². The first-order chi connectivity index (χ1) is 6.61. The topological polar surface area (TPSA) is 32.3 Å². The lowest BCUT2D eigenvalue weighted by Gasteiger charge is -2.19. The van der Waals surface area contributed by atoms with Crippen molar-refractivity contribution < 1.29 is 5.11 Å². The van der Waals surface area contributed by atoms with Gasteiger partial charge in [-0.3, -0.25) is 0 Å². The van der Waals surface area contributed by atoms with Crippen LogP contribution in [0.3, 0.4) is 0 Å². The van der Waals surface area contributed by atoms with E-state index in [0.29, 0.717) is 18.5 Å². The predicted molar refractivity (Wildman–Crippen MR) is 61.6 cm³/mol. The van der Waals surface area contributed by atoms with Crippen molar-refractivity contribution in [1.82, 2.24) is 5.32 Å². The SMILES string of the molecule is CC(C)C(C)NCC(O)c1ccsc1. The van der Waals surface area contributed by atoms with Crippen LogP contribution in [0.5, 0.6) is 0 Å². The maximum Gasteiger partial charge on any atom is 0.0922 e. The summed E-state index contributed by atoms with van der Waals surface area (Å²) in [5.41, 5.74) is 1.01. The van der Waals surface area contributed by atoms with E-state index in [2.05, 4.69) is 26.1 Å². The van der Waals surface area contributed by atoms with Gasteiger partial charge in [0.1, 0.15) is 0 Å². The maximum atomic E-state index is 9.78. The van der Waals surface area contributed by atoms with E-state index in [1.54, 1.807) is 11.3 Å². The van der Waals surface area contributed by atoms with Gasteiger partial charge in [0, 0.05) is 12.6 Å². The lowest BCUT2D eigenvalue weighted by atomic mass is 10.1. The minimum absolute atomic E-state index is 0.373. The molecule has 0 spiro atoms. The van der Waals surface area contributed by atoms with Gasteiger partial charge >= 0.3 is 0 Å². The Bertz CT molecular complexity index is 246. The van der Waals surface area contributed by atoms with Gasteiger partial charge in [-0.25, -0.2) is 0 Å². The molecule has 0 bridgehead atoms. The van der Waals surface area contributed by atoms with Crippen LogP contribution in [0, 0.1) is 5.92 Å². The summed E-state index contributed by atoms with van der Waals surface area (Å²) in [6.45, 7) is 7.13. The molecule has 0 aliphatic rings. The summed E-state index contributed by atoms with van der Waals surface area (Å²) in [5, 5.41) is 17.1. The Morgan fingerprint density at radius 2 is 2.14 bits per heavy atom. The van der Waals surface area contributed by atoms with E-state index >= 15 is 0 Å². The fraction of sp³-hybridized carbons (Fsp3) is 0.636. The Labute approximate surface area is 90.0 Å². The molecule has 14 heavy (non-hydrogen) atoms. The summed E-state index contributed by atoms with van der Waals surface area (Å²) in [5.74, 6) is 0.602. The number of hydrogen-bond acceptors (Lipinski definition) is 3. The van der Waals surface area contributed by atoms with Crippen molar-refractivity contribution in [2.24, 2.45) is 5.92 Å². The minimum atomic E-state index is -0.373.